The third kappa shape index (κ3) is 3.48. The molecule has 106 valence electrons. The van der Waals surface area contributed by atoms with Gasteiger partial charge in [0.05, 0.1) is 0 Å². The number of hydrogen-bond donors (Lipinski definition) is 1. The Labute approximate surface area is 114 Å². The fourth-order valence-corrected chi connectivity index (χ4v) is 3.96. The van der Waals surface area contributed by atoms with Gasteiger partial charge >= 0.3 is 0 Å². The van der Waals surface area contributed by atoms with Crippen LogP contribution in [0.5, 0.6) is 0 Å². The molecule has 18 heavy (non-hydrogen) atoms. The van der Waals surface area contributed by atoms with Gasteiger partial charge in [-0.15, -0.1) is 0 Å². The third-order valence-electron chi connectivity index (χ3n) is 5.06. The zero-order valence-electron chi connectivity index (χ0n) is 12.8. The Morgan fingerprint density at radius 1 is 1.17 bits per heavy atom. The van der Waals surface area contributed by atoms with Crippen LogP contribution in [0.4, 0.5) is 0 Å². The largest absolute Gasteiger partial charge is 0.311 e. The predicted octanol–water partition coefficient (Wildman–Crippen LogP) is 3.27. The van der Waals surface area contributed by atoms with Gasteiger partial charge in [0.15, 0.2) is 0 Å². The summed E-state index contributed by atoms with van der Waals surface area (Å²) in [4.78, 5) is 2.79. The zero-order valence-corrected chi connectivity index (χ0v) is 12.8. The minimum atomic E-state index is 0.712. The molecule has 1 heterocycles. The highest BCUT2D eigenvalue weighted by molar-refractivity contribution is 4.90. The number of piperazine rings is 1. The second-order valence-corrected chi connectivity index (χ2v) is 7.07. The lowest BCUT2D eigenvalue weighted by atomic mass is 9.93. The molecule has 0 aromatic rings. The first kappa shape index (κ1) is 14.3. The van der Waals surface area contributed by atoms with Gasteiger partial charge in [-0.3, -0.25) is 4.90 Å². The first-order valence-electron chi connectivity index (χ1n) is 8.07. The smallest absolute Gasteiger partial charge is 0.0198 e. The van der Waals surface area contributed by atoms with Crippen LogP contribution < -0.4 is 5.32 Å². The Morgan fingerprint density at radius 2 is 1.83 bits per heavy atom. The van der Waals surface area contributed by atoms with Crippen molar-refractivity contribution < 1.29 is 0 Å². The van der Waals surface area contributed by atoms with Crippen molar-refractivity contribution in [3.8, 4) is 0 Å². The average Bonchev–Trinajstić information content (AvgIpc) is 2.83. The van der Waals surface area contributed by atoms with Crippen molar-refractivity contribution in [3.63, 3.8) is 0 Å². The second-order valence-electron chi connectivity index (χ2n) is 7.07. The van der Waals surface area contributed by atoms with Crippen LogP contribution >= 0.6 is 0 Å². The van der Waals surface area contributed by atoms with Crippen LogP contribution in [0.2, 0.25) is 0 Å². The average molecular weight is 252 g/mol. The lowest BCUT2D eigenvalue weighted by Gasteiger charge is -2.44. The summed E-state index contributed by atoms with van der Waals surface area (Å²) >= 11 is 0. The molecule has 1 N–H and O–H groups in total. The van der Waals surface area contributed by atoms with E-state index in [1.54, 1.807) is 0 Å². The molecule has 1 saturated carbocycles. The van der Waals surface area contributed by atoms with Crippen LogP contribution in [0, 0.1) is 11.8 Å². The van der Waals surface area contributed by atoms with E-state index in [9.17, 15) is 0 Å². The Kier molecular flexibility index (Phi) is 5.08. The van der Waals surface area contributed by atoms with Crippen LogP contribution in [0.15, 0.2) is 0 Å². The van der Waals surface area contributed by atoms with Crippen LogP contribution in [-0.2, 0) is 0 Å². The van der Waals surface area contributed by atoms with Crippen LogP contribution in [0.1, 0.15) is 59.8 Å². The molecule has 2 heteroatoms. The lowest BCUT2D eigenvalue weighted by molar-refractivity contribution is 0.0644. The molecule has 0 amide bonds. The third-order valence-corrected chi connectivity index (χ3v) is 5.06. The molecule has 3 atom stereocenters. The number of rotatable bonds is 4. The molecule has 0 radical (unpaired) electrons. The van der Waals surface area contributed by atoms with Gasteiger partial charge < -0.3 is 5.32 Å². The zero-order chi connectivity index (χ0) is 13.1. The van der Waals surface area contributed by atoms with Gasteiger partial charge in [-0.25, -0.2) is 0 Å². The minimum Gasteiger partial charge on any atom is -0.311 e. The molecule has 2 fully saturated rings. The molecule has 0 bridgehead atoms. The summed E-state index contributed by atoms with van der Waals surface area (Å²) < 4.78 is 0. The molecule has 2 rings (SSSR count). The lowest BCUT2D eigenvalue weighted by Crippen LogP contribution is -2.59. The highest BCUT2D eigenvalue weighted by atomic mass is 15.2. The van der Waals surface area contributed by atoms with Gasteiger partial charge in [-0.2, -0.15) is 0 Å². The predicted molar refractivity (Wildman–Crippen MR) is 78.8 cm³/mol. The Hall–Kier alpha value is -0.0800. The quantitative estimate of drug-likeness (QED) is 0.826. The van der Waals surface area contributed by atoms with Crippen molar-refractivity contribution in [2.45, 2.75) is 77.9 Å². The molecule has 2 aliphatic rings. The van der Waals surface area contributed by atoms with Crippen LogP contribution in [-0.4, -0.2) is 36.1 Å². The van der Waals surface area contributed by atoms with Gasteiger partial charge in [0.2, 0.25) is 0 Å². The van der Waals surface area contributed by atoms with Crippen molar-refractivity contribution in [1.29, 1.82) is 0 Å². The summed E-state index contributed by atoms with van der Waals surface area (Å²) in [5.74, 6) is 1.77. The van der Waals surface area contributed by atoms with Gasteiger partial charge in [0, 0.05) is 31.2 Å². The monoisotopic (exact) mass is 252 g/mol. The van der Waals surface area contributed by atoms with Gasteiger partial charge in [-0.1, -0.05) is 26.7 Å². The van der Waals surface area contributed by atoms with Crippen molar-refractivity contribution in [1.82, 2.24) is 10.2 Å². The van der Waals surface area contributed by atoms with E-state index in [2.05, 4.69) is 37.9 Å². The van der Waals surface area contributed by atoms with Gasteiger partial charge in [-0.05, 0) is 44.9 Å². The van der Waals surface area contributed by atoms with E-state index in [0.29, 0.717) is 12.1 Å². The molecule has 1 aliphatic heterocycles. The maximum atomic E-state index is 3.73. The standard InChI is InChI=1S/C16H32N2/c1-12(2)9-16-11-18(13(3)10-17-16)14(4)15-7-5-6-8-15/h12-17H,5-11H2,1-4H3. The molecule has 0 aromatic carbocycles. The normalized spacial score (nSPS) is 33.2. The van der Waals surface area contributed by atoms with Gasteiger partial charge in [0.25, 0.3) is 0 Å². The second kappa shape index (κ2) is 6.38. The number of hydrogen-bond acceptors (Lipinski definition) is 2. The summed E-state index contributed by atoms with van der Waals surface area (Å²) in [7, 11) is 0. The highest BCUT2D eigenvalue weighted by Crippen LogP contribution is 2.31. The minimum absolute atomic E-state index is 0.712. The summed E-state index contributed by atoms with van der Waals surface area (Å²) in [6.45, 7) is 12.0. The molecule has 0 aromatic heterocycles. The van der Waals surface area contributed by atoms with E-state index in [1.165, 1.54) is 45.2 Å². The van der Waals surface area contributed by atoms with Crippen LogP contribution in [0.25, 0.3) is 0 Å². The topological polar surface area (TPSA) is 15.3 Å². The van der Waals surface area contributed by atoms with E-state index < -0.39 is 0 Å². The highest BCUT2D eigenvalue weighted by Gasteiger charge is 2.33. The van der Waals surface area contributed by atoms with E-state index in [0.717, 1.165) is 17.9 Å². The van der Waals surface area contributed by atoms with Crippen molar-refractivity contribution >= 4 is 0 Å². The molecule has 1 saturated heterocycles. The number of nitrogens with zero attached hydrogens (tertiary/aromatic N) is 1. The van der Waals surface area contributed by atoms with Crippen LogP contribution in [0.3, 0.4) is 0 Å². The fraction of sp³-hybridized carbons (Fsp3) is 1.00. The van der Waals surface area contributed by atoms with E-state index >= 15 is 0 Å². The summed E-state index contributed by atoms with van der Waals surface area (Å²) in [5.41, 5.74) is 0. The Bertz CT molecular complexity index is 245. The van der Waals surface area contributed by atoms with E-state index in [1.807, 2.05) is 0 Å². The molecular weight excluding hydrogens is 220 g/mol. The maximum Gasteiger partial charge on any atom is 0.0198 e. The SMILES string of the molecule is CC(C)CC1CN(C(C)C2CCCC2)C(C)CN1. The number of nitrogens with one attached hydrogen (secondary N) is 1. The summed E-state index contributed by atoms with van der Waals surface area (Å²) in [6.07, 6.45) is 7.18. The fourth-order valence-electron chi connectivity index (χ4n) is 3.96. The molecule has 1 aliphatic carbocycles. The Morgan fingerprint density at radius 3 is 2.44 bits per heavy atom. The first-order valence-corrected chi connectivity index (χ1v) is 8.07. The van der Waals surface area contributed by atoms with Gasteiger partial charge in [0.1, 0.15) is 0 Å². The Balaban J connectivity index is 1.91. The van der Waals surface area contributed by atoms with Crippen molar-refractivity contribution in [2.24, 2.45) is 11.8 Å². The molecule has 0 spiro atoms. The van der Waals surface area contributed by atoms with E-state index in [4.69, 9.17) is 0 Å². The first-order chi connectivity index (χ1) is 8.58. The van der Waals surface area contributed by atoms with Crippen molar-refractivity contribution in [2.75, 3.05) is 13.1 Å². The maximum absolute atomic E-state index is 3.73. The molecular formula is C16H32N2. The van der Waals surface area contributed by atoms with Crippen molar-refractivity contribution in [3.05, 3.63) is 0 Å². The molecule has 3 unspecified atom stereocenters. The summed E-state index contributed by atoms with van der Waals surface area (Å²) in [5, 5.41) is 3.73. The summed E-state index contributed by atoms with van der Waals surface area (Å²) in [6, 6.07) is 2.22. The van der Waals surface area contributed by atoms with E-state index in [-0.39, 0.29) is 0 Å². The molecule has 2 nitrogen and oxygen atoms in total.